The van der Waals surface area contributed by atoms with E-state index in [2.05, 4.69) is 22.5 Å². The van der Waals surface area contributed by atoms with Gasteiger partial charge in [-0.25, -0.2) is 0 Å². The van der Waals surface area contributed by atoms with Gasteiger partial charge in [0.15, 0.2) is 0 Å². The molecule has 0 saturated heterocycles. The molecule has 0 bridgehead atoms. The van der Waals surface area contributed by atoms with E-state index >= 15 is 0 Å². The smallest absolute Gasteiger partial charge is 0.131 e. The van der Waals surface area contributed by atoms with E-state index in [1.54, 1.807) is 6.08 Å². The van der Waals surface area contributed by atoms with E-state index in [1.807, 2.05) is 0 Å². The summed E-state index contributed by atoms with van der Waals surface area (Å²) in [6, 6.07) is 0. The van der Waals surface area contributed by atoms with Crippen molar-refractivity contribution < 1.29 is 5.11 Å². The van der Waals surface area contributed by atoms with Crippen LogP contribution in [0.2, 0.25) is 0 Å². The second-order valence-electron chi connectivity index (χ2n) is 1.37. The quantitative estimate of drug-likeness (QED) is 0.515. The molecule has 0 aliphatic carbocycles. The van der Waals surface area contributed by atoms with Gasteiger partial charge < -0.3 is 10.8 Å². The van der Waals surface area contributed by atoms with Crippen LogP contribution >= 0.6 is 15.9 Å². The van der Waals surface area contributed by atoms with Gasteiger partial charge in [-0.1, -0.05) is 22.5 Å². The zero-order valence-corrected chi connectivity index (χ0v) is 6.43. The number of allylic oxidation sites excluding steroid dienone is 3. The molecule has 0 unspecified atom stereocenters. The molecule has 2 nitrogen and oxygen atoms in total. The maximum atomic E-state index is 8.69. The second-order valence-corrected chi connectivity index (χ2v) is 2.39. The largest absolute Gasteiger partial charge is 0.506 e. The predicted octanol–water partition coefficient (Wildman–Crippen LogP) is 1.81. The van der Waals surface area contributed by atoms with Crippen LogP contribution in [0.25, 0.3) is 0 Å². The van der Waals surface area contributed by atoms with E-state index in [0.717, 1.165) is 6.20 Å². The Kier molecular flexibility index (Phi) is 3.88. The van der Waals surface area contributed by atoms with E-state index in [-0.39, 0.29) is 5.76 Å². The number of nitrogens with two attached hydrogens (primary N) is 1. The molecular formula is C6H8BrNO. The fraction of sp³-hybridized carbons (Fsp3) is 0. The number of hydrogen-bond donors (Lipinski definition) is 2. The molecule has 0 aliphatic rings. The maximum absolute atomic E-state index is 8.69. The van der Waals surface area contributed by atoms with Gasteiger partial charge in [0.25, 0.3) is 0 Å². The lowest BCUT2D eigenvalue weighted by molar-refractivity contribution is 0.431. The van der Waals surface area contributed by atoms with E-state index in [9.17, 15) is 0 Å². The Hall–Kier alpha value is -0.700. The number of rotatable bonds is 2. The standard InChI is InChI=1S/C6H8BrNO/c1-5(7)2-3-6(9)4-8/h2-4,9H,1,8H2/b3-2-,6-4+. The summed E-state index contributed by atoms with van der Waals surface area (Å²) < 4.78 is 0.691. The normalized spacial score (nSPS) is 12.3. The SMILES string of the molecule is C=C(Br)/C=C\C(O)=C/N. The van der Waals surface area contributed by atoms with Crippen molar-refractivity contribution in [2.24, 2.45) is 5.73 Å². The molecule has 0 heterocycles. The first-order chi connectivity index (χ1) is 4.16. The molecule has 0 atom stereocenters. The van der Waals surface area contributed by atoms with Gasteiger partial charge in [0.05, 0.1) is 0 Å². The van der Waals surface area contributed by atoms with Crippen LogP contribution in [0.15, 0.2) is 35.2 Å². The Morgan fingerprint density at radius 3 is 2.44 bits per heavy atom. The number of hydrogen-bond acceptors (Lipinski definition) is 2. The number of aliphatic hydroxyl groups excluding tert-OH is 1. The molecule has 0 aliphatic heterocycles. The fourth-order valence-electron chi connectivity index (χ4n) is 0.231. The van der Waals surface area contributed by atoms with Crippen LogP contribution in [0.5, 0.6) is 0 Å². The minimum absolute atomic E-state index is 0.0237. The summed E-state index contributed by atoms with van der Waals surface area (Å²) in [7, 11) is 0. The van der Waals surface area contributed by atoms with E-state index in [4.69, 9.17) is 10.8 Å². The number of aliphatic hydroxyl groups is 1. The Morgan fingerprint density at radius 1 is 1.56 bits per heavy atom. The minimum Gasteiger partial charge on any atom is -0.506 e. The highest BCUT2D eigenvalue weighted by molar-refractivity contribution is 9.11. The molecule has 0 aromatic heterocycles. The third kappa shape index (κ3) is 5.17. The predicted molar refractivity (Wildman–Crippen MR) is 42.1 cm³/mol. The molecule has 0 aromatic carbocycles. The fourth-order valence-corrected chi connectivity index (χ4v) is 0.364. The van der Waals surface area contributed by atoms with Crippen LogP contribution in [-0.2, 0) is 0 Å². The van der Waals surface area contributed by atoms with E-state index in [0.29, 0.717) is 4.48 Å². The van der Waals surface area contributed by atoms with Crippen molar-refractivity contribution in [1.29, 1.82) is 0 Å². The third-order valence-electron chi connectivity index (χ3n) is 0.606. The molecule has 0 aromatic rings. The first-order valence-corrected chi connectivity index (χ1v) is 3.09. The molecule has 0 rings (SSSR count). The lowest BCUT2D eigenvalue weighted by atomic mass is 10.4. The lowest BCUT2D eigenvalue weighted by Crippen LogP contribution is -1.82. The molecule has 9 heavy (non-hydrogen) atoms. The van der Waals surface area contributed by atoms with E-state index < -0.39 is 0 Å². The Labute approximate surface area is 62.5 Å². The van der Waals surface area contributed by atoms with Crippen molar-refractivity contribution in [1.82, 2.24) is 0 Å². The van der Waals surface area contributed by atoms with Crippen LogP contribution in [0.4, 0.5) is 0 Å². The maximum Gasteiger partial charge on any atom is 0.131 e. The molecule has 0 saturated carbocycles. The van der Waals surface area contributed by atoms with Crippen LogP contribution < -0.4 is 5.73 Å². The highest BCUT2D eigenvalue weighted by Crippen LogP contribution is 2.02. The highest BCUT2D eigenvalue weighted by atomic mass is 79.9. The summed E-state index contributed by atoms with van der Waals surface area (Å²) in [6.45, 7) is 3.51. The van der Waals surface area contributed by atoms with Gasteiger partial charge in [-0.05, 0) is 12.2 Å². The molecular weight excluding hydrogens is 182 g/mol. The molecule has 3 heteroatoms. The summed E-state index contributed by atoms with van der Waals surface area (Å²) in [5.41, 5.74) is 4.95. The van der Waals surface area contributed by atoms with Gasteiger partial charge in [-0.3, -0.25) is 0 Å². The van der Waals surface area contributed by atoms with Gasteiger partial charge in [-0.15, -0.1) is 0 Å². The summed E-state index contributed by atoms with van der Waals surface area (Å²) in [5, 5.41) is 8.69. The van der Waals surface area contributed by atoms with Gasteiger partial charge in [0, 0.05) is 10.7 Å². The minimum atomic E-state index is 0.0237. The van der Waals surface area contributed by atoms with E-state index in [1.165, 1.54) is 6.08 Å². The lowest BCUT2D eigenvalue weighted by Gasteiger charge is -1.85. The Balaban J connectivity index is 3.86. The average molecular weight is 190 g/mol. The van der Waals surface area contributed by atoms with Gasteiger partial charge in [0.1, 0.15) is 5.76 Å². The summed E-state index contributed by atoms with van der Waals surface area (Å²) in [6.07, 6.45) is 4.14. The first kappa shape index (κ1) is 8.30. The monoisotopic (exact) mass is 189 g/mol. The van der Waals surface area contributed by atoms with Gasteiger partial charge >= 0.3 is 0 Å². The first-order valence-electron chi connectivity index (χ1n) is 2.30. The van der Waals surface area contributed by atoms with Crippen LogP contribution in [0.1, 0.15) is 0 Å². The zero-order valence-electron chi connectivity index (χ0n) is 4.84. The second kappa shape index (κ2) is 4.21. The van der Waals surface area contributed by atoms with Crippen molar-refractivity contribution in [3.05, 3.63) is 35.2 Å². The highest BCUT2D eigenvalue weighted by Gasteiger charge is 1.80. The van der Waals surface area contributed by atoms with Crippen molar-refractivity contribution in [3.8, 4) is 0 Å². The molecule has 3 N–H and O–H groups in total. The Bertz CT molecular complexity index is 160. The average Bonchev–Trinajstić information content (AvgIpc) is 1.83. The van der Waals surface area contributed by atoms with Crippen molar-refractivity contribution in [2.75, 3.05) is 0 Å². The number of halogens is 1. The molecule has 0 spiro atoms. The molecule has 50 valence electrons. The van der Waals surface area contributed by atoms with Crippen LogP contribution in [-0.4, -0.2) is 5.11 Å². The van der Waals surface area contributed by atoms with Crippen LogP contribution in [0.3, 0.4) is 0 Å². The zero-order chi connectivity index (χ0) is 7.28. The van der Waals surface area contributed by atoms with Crippen LogP contribution in [0, 0.1) is 0 Å². The molecule has 0 amide bonds. The van der Waals surface area contributed by atoms with Crippen molar-refractivity contribution in [2.45, 2.75) is 0 Å². The van der Waals surface area contributed by atoms with Gasteiger partial charge in [0.2, 0.25) is 0 Å². The summed E-state index contributed by atoms with van der Waals surface area (Å²) in [4.78, 5) is 0. The van der Waals surface area contributed by atoms with Gasteiger partial charge in [-0.2, -0.15) is 0 Å². The topological polar surface area (TPSA) is 46.2 Å². The third-order valence-corrected chi connectivity index (χ3v) is 0.870. The molecule has 0 radical (unpaired) electrons. The molecule has 0 fully saturated rings. The Morgan fingerprint density at radius 2 is 2.11 bits per heavy atom. The van der Waals surface area contributed by atoms with Crippen molar-refractivity contribution in [3.63, 3.8) is 0 Å². The summed E-state index contributed by atoms with van der Waals surface area (Å²) >= 11 is 3.07. The summed E-state index contributed by atoms with van der Waals surface area (Å²) in [5.74, 6) is 0.0237. The van der Waals surface area contributed by atoms with Crippen molar-refractivity contribution >= 4 is 15.9 Å².